The topological polar surface area (TPSA) is 111 Å². The molecule has 3 amide bonds. The highest BCUT2D eigenvalue weighted by Gasteiger charge is 2.34. The Hall–Kier alpha value is -4.32. The number of aryl methyl sites for hydroxylation is 1. The van der Waals surface area contributed by atoms with Gasteiger partial charge in [-0.25, -0.2) is 15.0 Å². The minimum Gasteiger partial charge on any atom is -0.478 e. The summed E-state index contributed by atoms with van der Waals surface area (Å²) < 4.78 is 39.1. The maximum atomic E-state index is 13.4. The van der Waals surface area contributed by atoms with E-state index in [9.17, 15) is 27.6 Å². The van der Waals surface area contributed by atoms with Crippen LogP contribution in [0.2, 0.25) is 0 Å². The fourth-order valence-electron chi connectivity index (χ4n) is 4.73. The number of anilines is 2. The van der Waals surface area contributed by atoms with E-state index in [-0.39, 0.29) is 22.9 Å². The number of halogens is 3. The Kier molecular flexibility index (Phi) is 11.0. The van der Waals surface area contributed by atoms with E-state index in [1.165, 1.54) is 12.1 Å². The molecule has 0 saturated heterocycles. The maximum Gasteiger partial charge on any atom is 0.416 e. The maximum absolute atomic E-state index is 13.4. The number of hydrogen-bond acceptors (Lipinski definition) is 5. The smallest absolute Gasteiger partial charge is 0.416 e. The SMILES string of the molecule is CCCCCCN1C(=O)C(=NNC(=O)Nc2cccc(C(F)(F)F)c2)c2cc(SCCCc3ccc(C(=O)O)cc3)ccc21. The van der Waals surface area contributed by atoms with Gasteiger partial charge in [-0.1, -0.05) is 44.4 Å². The van der Waals surface area contributed by atoms with E-state index in [1.807, 2.05) is 30.3 Å². The number of aromatic carboxylic acids is 1. The van der Waals surface area contributed by atoms with Gasteiger partial charge in [0, 0.05) is 22.7 Å². The van der Waals surface area contributed by atoms with Crippen molar-refractivity contribution in [3.8, 4) is 0 Å². The van der Waals surface area contributed by atoms with Crippen molar-refractivity contribution in [2.75, 3.05) is 22.5 Å². The van der Waals surface area contributed by atoms with Gasteiger partial charge in [0.2, 0.25) is 0 Å². The first-order chi connectivity index (χ1) is 21.1. The molecule has 0 unspecified atom stereocenters. The summed E-state index contributed by atoms with van der Waals surface area (Å²) in [6.07, 6.45) is 0.932. The fourth-order valence-corrected chi connectivity index (χ4v) is 5.62. The number of nitrogens with one attached hydrogen (secondary N) is 2. The summed E-state index contributed by atoms with van der Waals surface area (Å²) in [6, 6.07) is 15.8. The number of amides is 3. The summed E-state index contributed by atoms with van der Waals surface area (Å²) in [6.45, 7) is 2.60. The Balaban J connectivity index is 1.44. The number of carbonyl (C=O) groups is 3. The summed E-state index contributed by atoms with van der Waals surface area (Å²) in [5.74, 6) is -0.544. The molecule has 0 radical (unpaired) electrons. The predicted octanol–water partition coefficient (Wildman–Crippen LogP) is 7.58. The van der Waals surface area contributed by atoms with Crippen LogP contribution in [-0.4, -0.2) is 41.0 Å². The van der Waals surface area contributed by atoms with Crippen molar-refractivity contribution < 1.29 is 32.7 Å². The van der Waals surface area contributed by atoms with Gasteiger partial charge in [0.25, 0.3) is 5.91 Å². The van der Waals surface area contributed by atoms with Gasteiger partial charge in [0.05, 0.1) is 16.8 Å². The van der Waals surface area contributed by atoms with Gasteiger partial charge >= 0.3 is 18.2 Å². The molecule has 1 heterocycles. The van der Waals surface area contributed by atoms with Crippen molar-refractivity contribution in [3.05, 3.63) is 89.0 Å². The first-order valence-corrected chi connectivity index (χ1v) is 15.3. The van der Waals surface area contributed by atoms with Crippen LogP contribution in [0.5, 0.6) is 0 Å². The van der Waals surface area contributed by atoms with Crippen LogP contribution in [-0.2, 0) is 17.4 Å². The minimum absolute atomic E-state index is 0.0515. The molecule has 0 atom stereocenters. The number of carbonyl (C=O) groups excluding carboxylic acids is 2. The minimum atomic E-state index is -4.56. The molecule has 0 spiro atoms. The summed E-state index contributed by atoms with van der Waals surface area (Å²) in [7, 11) is 0. The molecular formula is C32H33F3N4O4S. The number of hydrazone groups is 1. The molecule has 232 valence electrons. The quantitative estimate of drug-likeness (QED) is 0.103. The van der Waals surface area contributed by atoms with Crippen LogP contribution >= 0.6 is 11.8 Å². The third-order valence-corrected chi connectivity index (χ3v) is 8.07. The van der Waals surface area contributed by atoms with E-state index in [4.69, 9.17) is 5.11 Å². The van der Waals surface area contributed by atoms with Gasteiger partial charge in [0.15, 0.2) is 5.71 Å². The van der Waals surface area contributed by atoms with Gasteiger partial charge in [-0.05, 0) is 79.1 Å². The molecule has 4 rings (SSSR count). The van der Waals surface area contributed by atoms with Crippen molar-refractivity contribution in [1.82, 2.24) is 5.43 Å². The van der Waals surface area contributed by atoms with Gasteiger partial charge in [-0.2, -0.15) is 18.3 Å². The molecular weight excluding hydrogens is 593 g/mol. The van der Waals surface area contributed by atoms with Crippen LogP contribution < -0.4 is 15.6 Å². The Morgan fingerprint density at radius 1 is 0.977 bits per heavy atom. The number of nitrogens with zero attached hydrogens (tertiary/aromatic N) is 2. The van der Waals surface area contributed by atoms with Crippen molar-refractivity contribution in [1.29, 1.82) is 0 Å². The number of carboxylic acid groups (broad SMARTS) is 1. The second-order valence-electron chi connectivity index (χ2n) is 10.3. The molecule has 3 N–H and O–H groups in total. The molecule has 1 aliphatic rings. The molecule has 0 aliphatic carbocycles. The van der Waals surface area contributed by atoms with E-state index in [1.54, 1.807) is 28.8 Å². The van der Waals surface area contributed by atoms with Crippen molar-refractivity contribution in [2.45, 2.75) is 56.5 Å². The largest absolute Gasteiger partial charge is 0.478 e. The number of fused-ring (bicyclic) bond motifs is 1. The number of urea groups is 1. The molecule has 12 heteroatoms. The van der Waals surface area contributed by atoms with Crippen LogP contribution in [0.15, 0.2) is 76.7 Å². The lowest BCUT2D eigenvalue weighted by atomic mass is 10.1. The standard InChI is InChI=1S/C32H33F3N4O4S/c1-2-3-4-5-17-39-27-16-15-25(44-18-7-8-21-11-13-22(14-12-21)30(41)42)20-26(27)28(29(39)40)37-38-31(43)36-24-10-6-9-23(19-24)32(33,34)35/h6,9-16,19-20H,2-5,7-8,17-18H2,1H3,(H,41,42)(H2,36,38,43). The second kappa shape index (κ2) is 14.9. The highest BCUT2D eigenvalue weighted by molar-refractivity contribution is 7.99. The fraction of sp³-hybridized carbons (Fsp3) is 0.312. The lowest BCUT2D eigenvalue weighted by Crippen LogP contribution is -2.33. The van der Waals surface area contributed by atoms with Crippen molar-refractivity contribution in [3.63, 3.8) is 0 Å². The normalized spacial score (nSPS) is 13.7. The Morgan fingerprint density at radius 3 is 2.45 bits per heavy atom. The average molecular weight is 627 g/mol. The first kappa shape index (κ1) is 32.6. The molecule has 8 nitrogen and oxygen atoms in total. The van der Waals surface area contributed by atoms with Gasteiger partial charge in [0.1, 0.15) is 0 Å². The van der Waals surface area contributed by atoms with Gasteiger partial charge < -0.3 is 15.3 Å². The van der Waals surface area contributed by atoms with E-state index < -0.39 is 23.7 Å². The van der Waals surface area contributed by atoms with E-state index in [0.29, 0.717) is 17.8 Å². The van der Waals surface area contributed by atoms with Crippen molar-refractivity contribution >= 4 is 46.8 Å². The molecule has 3 aromatic rings. The van der Waals surface area contributed by atoms with E-state index in [0.717, 1.165) is 66.9 Å². The van der Waals surface area contributed by atoms with E-state index >= 15 is 0 Å². The highest BCUT2D eigenvalue weighted by Crippen LogP contribution is 2.34. The Morgan fingerprint density at radius 2 is 1.75 bits per heavy atom. The number of carboxylic acids is 1. The van der Waals surface area contributed by atoms with Crippen molar-refractivity contribution in [2.24, 2.45) is 5.10 Å². The zero-order chi connectivity index (χ0) is 31.7. The third kappa shape index (κ3) is 8.62. The lowest BCUT2D eigenvalue weighted by Gasteiger charge is -2.17. The summed E-state index contributed by atoms with van der Waals surface area (Å²) in [4.78, 5) is 39.5. The molecule has 3 aromatic carbocycles. The van der Waals surface area contributed by atoms with Gasteiger partial charge in [-0.15, -0.1) is 11.8 Å². The summed E-state index contributed by atoms with van der Waals surface area (Å²) in [5, 5.41) is 15.5. The summed E-state index contributed by atoms with van der Waals surface area (Å²) in [5.41, 5.74) is 3.89. The molecule has 0 saturated carbocycles. The second-order valence-corrected chi connectivity index (χ2v) is 11.4. The highest BCUT2D eigenvalue weighted by atomic mass is 32.2. The van der Waals surface area contributed by atoms with Crippen LogP contribution in [0.25, 0.3) is 0 Å². The average Bonchev–Trinajstić information content (AvgIpc) is 3.25. The number of hydrogen-bond donors (Lipinski definition) is 3. The number of alkyl halides is 3. The predicted molar refractivity (Wildman–Crippen MR) is 166 cm³/mol. The molecule has 44 heavy (non-hydrogen) atoms. The third-order valence-electron chi connectivity index (χ3n) is 6.99. The van der Waals surface area contributed by atoms with Gasteiger partial charge in [-0.3, -0.25) is 4.79 Å². The van der Waals surface area contributed by atoms with Crippen LogP contribution in [0.1, 0.15) is 66.1 Å². The lowest BCUT2D eigenvalue weighted by molar-refractivity contribution is -0.137. The van der Waals surface area contributed by atoms with Crippen LogP contribution in [0.3, 0.4) is 0 Å². The number of benzene rings is 3. The zero-order valence-corrected chi connectivity index (χ0v) is 24.9. The Labute approximate surface area is 257 Å². The molecule has 0 fully saturated rings. The van der Waals surface area contributed by atoms with Crippen LogP contribution in [0, 0.1) is 0 Å². The molecule has 1 aliphatic heterocycles. The number of rotatable bonds is 13. The monoisotopic (exact) mass is 626 g/mol. The molecule has 0 aromatic heterocycles. The first-order valence-electron chi connectivity index (χ1n) is 14.3. The van der Waals surface area contributed by atoms with Crippen LogP contribution in [0.4, 0.5) is 29.3 Å². The number of unbranched alkanes of at least 4 members (excludes halogenated alkanes) is 3. The van der Waals surface area contributed by atoms with E-state index in [2.05, 4.69) is 22.8 Å². The Bertz CT molecular complexity index is 1530. The molecule has 0 bridgehead atoms. The summed E-state index contributed by atoms with van der Waals surface area (Å²) >= 11 is 1.60. The zero-order valence-electron chi connectivity index (χ0n) is 24.1. The number of thioether (sulfide) groups is 1.